The van der Waals surface area contributed by atoms with Crippen LogP contribution in [0.25, 0.3) is 11.3 Å². The minimum Gasteiger partial charge on any atom is -0.301 e. The molecule has 0 aliphatic heterocycles. The third-order valence-corrected chi connectivity index (χ3v) is 4.63. The fourth-order valence-electron chi connectivity index (χ4n) is 1.88. The maximum atomic E-state index is 12.0. The first kappa shape index (κ1) is 15.6. The van der Waals surface area contributed by atoms with E-state index in [4.69, 9.17) is 0 Å². The number of hydrogen-bond acceptors (Lipinski definition) is 6. The van der Waals surface area contributed by atoms with E-state index in [0.717, 1.165) is 22.0 Å². The number of nitrogens with one attached hydrogen (secondary N) is 1. The van der Waals surface area contributed by atoms with Gasteiger partial charge in [-0.3, -0.25) is 4.79 Å². The van der Waals surface area contributed by atoms with Crippen molar-refractivity contribution >= 4 is 34.1 Å². The van der Waals surface area contributed by atoms with Gasteiger partial charge in [0.05, 0.1) is 11.4 Å². The van der Waals surface area contributed by atoms with Gasteiger partial charge in [0.25, 0.3) is 0 Å². The van der Waals surface area contributed by atoms with Crippen molar-refractivity contribution in [3.63, 3.8) is 0 Å². The number of nitrogens with zero attached hydrogens (tertiary/aromatic N) is 3. The van der Waals surface area contributed by atoms with E-state index in [1.807, 2.05) is 48.7 Å². The van der Waals surface area contributed by atoms with Gasteiger partial charge in [-0.2, -0.15) is 0 Å². The number of anilines is 1. The topological polar surface area (TPSA) is 67.8 Å². The molecule has 0 saturated heterocycles. The van der Waals surface area contributed by atoms with E-state index in [0.29, 0.717) is 5.13 Å². The normalized spacial score (nSPS) is 10.5. The Morgan fingerprint density at radius 2 is 2.09 bits per heavy atom. The molecule has 23 heavy (non-hydrogen) atoms. The largest absolute Gasteiger partial charge is 0.301 e. The molecular formula is C16H14N4OS2. The first-order valence-corrected chi connectivity index (χ1v) is 8.79. The van der Waals surface area contributed by atoms with Crippen LogP contribution in [-0.2, 0) is 4.79 Å². The Hall–Kier alpha value is -2.25. The molecule has 1 aromatic carbocycles. The van der Waals surface area contributed by atoms with Gasteiger partial charge in [-0.25, -0.2) is 15.0 Å². The number of hydrogen-bond donors (Lipinski definition) is 1. The highest BCUT2D eigenvalue weighted by Gasteiger charge is 2.09. The third-order valence-electron chi connectivity index (χ3n) is 2.95. The quantitative estimate of drug-likeness (QED) is 0.566. The first-order valence-electron chi connectivity index (χ1n) is 6.93. The van der Waals surface area contributed by atoms with Gasteiger partial charge in [-0.05, 0) is 13.0 Å². The monoisotopic (exact) mass is 342 g/mol. The van der Waals surface area contributed by atoms with Crippen LogP contribution in [0.15, 0.2) is 53.1 Å². The molecule has 0 aliphatic rings. The number of thioether (sulfide) groups is 1. The van der Waals surface area contributed by atoms with Crippen LogP contribution in [0.1, 0.15) is 5.69 Å². The predicted molar refractivity (Wildman–Crippen MR) is 93.7 cm³/mol. The molecule has 3 rings (SSSR count). The number of amides is 1. The highest BCUT2D eigenvalue weighted by molar-refractivity contribution is 7.99. The van der Waals surface area contributed by atoms with Crippen LogP contribution < -0.4 is 5.32 Å². The van der Waals surface area contributed by atoms with Crippen LogP contribution in [0.5, 0.6) is 0 Å². The van der Waals surface area contributed by atoms with Gasteiger partial charge in [0.2, 0.25) is 5.91 Å². The Bertz CT molecular complexity index is 805. The molecule has 0 unspecified atom stereocenters. The van der Waals surface area contributed by atoms with Crippen LogP contribution in [0.3, 0.4) is 0 Å². The number of carbonyl (C=O) groups excluding carboxylic acids is 1. The van der Waals surface area contributed by atoms with E-state index < -0.39 is 0 Å². The molecule has 3 aromatic rings. The summed E-state index contributed by atoms with van der Waals surface area (Å²) in [5.74, 6) is 0.191. The Kier molecular flexibility index (Phi) is 4.99. The second kappa shape index (κ2) is 7.34. The molecule has 0 fully saturated rings. The first-order chi connectivity index (χ1) is 11.2. The maximum Gasteiger partial charge on any atom is 0.236 e. The molecule has 0 saturated carbocycles. The van der Waals surface area contributed by atoms with Crippen LogP contribution in [0, 0.1) is 6.92 Å². The maximum absolute atomic E-state index is 12.0. The van der Waals surface area contributed by atoms with Crippen molar-refractivity contribution in [2.24, 2.45) is 0 Å². The molecule has 0 bridgehead atoms. The van der Waals surface area contributed by atoms with Crippen molar-refractivity contribution in [3.05, 3.63) is 53.8 Å². The van der Waals surface area contributed by atoms with Crippen LogP contribution >= 0.6 is 23.1 Å². The standard InChI is InChI=1S/C16H14N4OS2/c1-11-7-15(18-10-17-11)22-9-14(21)20-16-19-13(8-23-16)12-5-3-2-4-6-12/h2-8,10H,9H2,1H3,(H,19,20,21). The SMILES string of the molecule is Cc1cc(SCC(=O)Nc2nc(-c3ccccc3)cs2)ncn1. The second-order valence-corrected chi connectivity index (χ2v) is 6.59. The van der Waals surface area contributed by atoms with Crippen LogP contribution in [0.2, 0.25) is 0 Å². The summed E-state index contributed by atoms with van der Waals surface area (Å²) in [5, 5.41) is 6.15. The van der Waals surface area contributed by atoms with Gasteiger partial charge >= 0.3 is 0 Å². The van der Waals surface area contributed by atoms with Gasteiger partial charge in [0, 0.05) is 16.6 Å². The number of carbonyl (C=O) groups is 1. The van der Waals surface area contributed by atoms with Crippen molar-refractivity contribution < 1.29 is 4.79 Å². The summed E-state index contributed by atoms with van der Waals surface area (Å²) in [6.07, 6.45) is 1.50. The molecule has 0 spiro atoms. The fourth-order valence-corrected chi connectivity index (χ4v) is 3.34. The molecule has 7 heteroatoms. The summed E-state index contributed by atoms with van der Waals surface area (Å²) in [7, 11) is 0. The molecule has 2 heterocycles. The molecule has 0 radical (unpaired) electrons. The van der Waals surface area contributed by atoms with Gasteiger partial charge in [0.1, 0.15) is 11.4 Å². The van der Waals surface area contributed by atoms with Crippen molar-refractivity contribution in [3.8, 4) is 11.3 Å². The van der Waals surface area contributed by atoms with E-state index in [-0.39, 0.29) is 11.7 Å². The van der Waals surface area contributed by atoms with Crippen molar-refractivity contribution in [1.29, 1.82) is 0 Å². The number of aryl methyl sites for hydroxylation is 1. The Labute approximate surface area is 142 Å². The van der Waals surface area contributed by atoms with Gasteiger partial charge in [-0.15, -0.1) is 11.3 Å². The summed E-state index contributed by atoms with van der Waals surface area (Å²) in [6.45, 7) is 1.90. The number of aromatic nitrogens is 3. The molecule has 0 aliphatic carbocycles. The number of benzene rings is 1. The number of thiazole rings is 1. The summed E-state index contributed by atoms with van der Waals surface area (Å²) >= 11 is 2.80. The third kappa shape index (κ3) is 4.37. The zero-order valence-electron chi connectivity index (χ0n) is 12.4. The highest BCUT2D eigenvalue weighted by atomic mass is 32.2. The zero-order valence-corrected chi connectivity index (χ0v) is 14.0. The van der Waals surface area contributed by atoms with Crippen molar-refractivity contribution in [2.45, 2.75) is 11.9 Å². The molecular weight excluding hydrogens is 328 g/mol. The minimum atomic E-state index is -0.0970. The van der Waals surface area contributed by atoms with Gasteiger partial charge < -0.3 is 5.32 Å². The average molecular weight is 342 g/mol. The van der Waals surface area contributed by atoms with E-state index >= 15 is 0 Å². The van der Waals surface area contributed by atoms with Crippen molar-refractivity contribution in [2.75, 3.05) is 11.1 Å². The average Bonchev–Trinajstić information content (AvgIpc) is 3.02. The smallest absolute Gasteiger partial charge is 0.236 e. The molecule has 116 valence electrons. The molecule has 1 N–H and O–H groups in total. The Morgan fingerprint density at radius 1 is 1.26 bits per heavy atom. The van der Waals surface area contributed by atoms with Gasteiger partial charge in [-0.1, -0.05) is 42.1 Å². The Balaban J connectivity index is 1.57. The second-order valence-electron chi connectivity index (χ2n) is 4.74. The van der Waals surface area contributed by atoms with Crippen LogP contribution in [-0.4, -0.2) is 26.6 Å². The summed E-state index contributed by atoms with van der Waals surface area (Å²) < 4.78 is 0. The van der Waals surface area contributed by atoms with Crippen LogP contribution in [0.4, 0.5) is 5.13 Å². The molecule has 2 aromatic heterocycles. The van der Waals surface area contributed by atoms with Crippen molar-refractivity contribution in [1.82, 2.24) is 15.0 Å². The van der Waals surface area contributed by atoms with E-state index in [1.54, 1.807) is 0 Å². The predicted octanol–water partition coefficient (Wildman–Crippen LogP) is 3.64. The molecule has 1 amide bonds. The summed E-state index contributed by atoms with van der Waals surface area (Å²) in [5.41, 5.74) is 2.79. The molecule has 5 nitrogen and oxygen atoms in total. The lowest BCUT2D eigenvalue weighted by atomic mass is 10.2. The van der Waals surface area contributed by atoms with E-state index in [9.17, 15) is 4.79 Å². The number of rotatable bonds is 5. The van der Waals surface area contributed by atoms with E-state index in [2.05, 4.69) is 20.3 Å². The zero-order chi connectivity index (χ0) is 16.1. The Morgan fingerprint density at radius 3 is 2.87 bits per heavy atom. The summed E-state index contributed by atoms with van der Waals surface area (Å²) in [6, 6.07) is 11.7. The highest BCUT2D eigenvalue weighted by Crippen LogP contribution is 2.25. The van der Waals surface area contributed by atoms with E-state index in [1.165, 1.54) is 29.4 Å². The minimum absolute atomic E-state index is 0.0970. The lowest BCUT2D eigenvalue weighted by molar-refractivity contribution is -0.113. The fraction of sp³-hybridized carbons (Fsp3) is 0.125. The van der Waals surface area contributed by atoms with Gasteiger partial charge in [0.15, 0.2) is 5.13 Å². The molecule has 0 atom stereocenters. The lowest BCUT2D eigenvalue weighted by Gasteiger charge is -2.02. The summed E-state index contributed by atoms with van der Waals surface area (Å²) in [4.78, 5) is 24.6. The lowest BCUT2D eigenvalue weighted by Crippen LogP contribution is -2.13.